The summed E-state index contributed by atoms with van der Waals surface area (Å²) in [7, 11) is 0. The van der Waals surface area contributed by atoms with Gasteiger partial charge in [0.2, 0.25) is 0 Å². The van der Waals surface area contributed by atoms with Crippen LogP contribution in [-0.4, -0.2) is 48.6 Å². The lowest BCUT2D eigenvalue weighted by atomic mass is 10.0. The molecule has 1 rings (SSSR count). The number of carbonyl (C=O) groups is 2. The fourth-order valence-electron chi connectivity index (χ4n) is 5.53. The zero-order valence-corrected chi connectivity index (χ0v) is 29.9. The number of rotatable bonds is 32. The number of hydrogen-bond acceptors (Lipinski definition) is 6. The largest absolute Gasteiger partial charge is 0.462 e. The zero-order valence-electron chi connectivity index (χ0n) is 29.9. The molecule has 0 radical (unpaired) electrons. The third-order valence-electron chi connectivity index (χ3n) is 8.54. The quantitative estimate of drug-likeness (QED) is 0.0339. The van der Waals surface area contributed by atoms with E-state index in [0.29, 0.717) is 25.0 Å². The molecule has 266 valence electrons. The van der Waals surface area contributed by atoms with Crippen molar-refractivity contribution in [3.05, 3.63) is 36.5 Å². The van der Waals surface area contributed by atoms with Gasteiger partial charge in [-0.3, -0.25) is 9.59 Å². The van der Waals surface area contributed by atoms with Gasteiger partial charge in [0.1, 0.15) is 6.61 Å². The van der Waals surface area contributed by atoms with Crippen molar-refractivity contribution in [2.45, 2.75) is 187 Å². The van der Waals surface area contributed by atoms with Crippen molar-refractivity contribution in [1.82, 2.24) is 0 Å². The molecule has 0 aliphatic carbocycles. The van der Waals surface area contributed by atoms with Crippen molar-refractivity contribution >= 4 is 11.9 Å². The molecule has 1 aliphatic rings. The van der Waals surface area contributed by atoms with E-state index in [1.54, 1.807) is 0 Å². The third kappa shape index (κ3) is 27.2. The van der Waals surface area contributed by atoms with Crippen LogP contribution in [-0.2, 0) is 23.8 Å². The maximum absolute atomic E-state index is 12.1. The first-order valence-corrected chi connectivity index (χ1v) is 19.0. The molecule has 0 aromatic heterocycles. The molecule has 0 saturated carbocycles. The fraction of sp³-hybridized carbons (Fsp3) is 0.800. The number of unbranched alkanes of at least 4 members (excludes halogenated alkanes) is 13. The van der Waals surface area contributed by atoms with Crippen LogP contribution in [0.15, 0.2) is 36.5 Å². The second-order valence-electron chi connectivity index (χ2n) is 13.5. The molecule has 6 heteroatoms. The standard InChI is InChI=1S/C40H70O6/c1-4-5-23-29-37-38(46-37)30-25-20-16-12-9-10-14-18-22-27-32-40(43)45-36(33-41)34-44-39(42)31-26-21-17-13-8-6-7-11-15-19-24-28-35(2)3/h9,12,14,18,20,25,35-38,41H,4-8,10-11,13,15-17,19,21-24,26-34H2,1-3H3/b12-9-,18-14-,25-20-/t36-,37?,38?/m0/s1. The first kappa shape index (κ1) is 42.1. The first-order valence-electron chi connectivity index (χ1n) is 19.0. The van der Waals surface area contributed by atoms with Crippen LogP contribution in [0.25, 0.3) is 0 Å². The van der Waals surface area contributed by atoms with E-state index in [2.05, 4.69) is 57.2 Å². The number of allylic oxidation sites excluding steroid dienone is 5. The van der Waals surface area contributed by atoms with Crippen molar-refractivity contribution in [2.24, 2.45) is 5.92 Å². The Hall–Kier alpha value is -1.92. The smallest absolute Gasteiger partial charge is 0.306 e. The highest BCUT2D eigenvalue weighted by atomic mass is 16.6. The molecule has 0 bridgehead atoms. The van der Waals surface area contributed by atoms with E-state index in [9.17, 15) is 14.7 Å². The minimum atomic E-state index is -0.801. The highest BCUT2D eigenvalue weighted by Gasteiger charge is 2.36. The second-order valence-corrected chi connectivity index (χ2v) is 13.5. The van der Waals surface area contributed by atoms with Crippen molar-refractivity contribution in [3.63, 3.8) is 0 Å². The van der Waals surface area contributed by atoms with Crippen molar-refractivity contribution < 1.29 is 28.9 Å². The predicted octanol–water partition coefficient (Wildman–Crippen LogP) is 10.5. The molecule has 46 heavy (non-hydrogen) atoms. The molecule has 0 aromatic carbocycles. The van der Waals surface area contributed by atoms with Crippen LogP contribution < -0.4 is 0 Å². The lowest BCUT2D eigenvalue weighted by Gasteiger charge is -2.15. The van der Waals surface area contributed by atoms with Crippen LogP contribution in [0.4, 0.5) is 0 Å². The van der Waals surface area contributed by atoms with Gasteiger partial charge in [-0.05, 0) is 50.9 Å². The molecule has 1 heterocycles. The summed E-state index contributed by atoms with van der Waals surface area (Å²) >= 11 is 0. The van der Waals surface area contributed by atoms with Gasteiger partial charge < -0.3 is 19.3 Å². The molecule has 0 amide bonds. The van der Waals surface area contributed by atoms with Crippen LogP contribution in [0, 0.1) is 5.92 Å². The summed E-state index contributed by atoms with van der Waals surface area (Å²) in [5.74, 6) is 0.169. The lowest BCUT2D eigenvalue weighted by Crippen LogP contribution is -2.28. The number of aliphatic hydroxyl groups excluding tert-OH is 1. The predicted molar refractivity (Wildman–Crippen MR) is 191 cm³/mol. The molecule has 2 unspecified atom stereocenters. The monoisotopic (exact) mass is 647 g/mol. The number of epoxide rings is 1. The van der Waals surface area contributed by atoms with E-state index in [1.165, 1.54) is 83.5 Å². The number of hydrogen-bond donors (Lipinski definition) is 1. The van der Waals surface area contributed by atoms with Gasteiger partial charge in [-0.1, -0.05) is 147 Å². The van der Waals surface area contributed by atoms with Crippen LogP contribution in [0.5, 0.6) is 0 Å². The first-order chi connectivity index (χ1) is 22.5. The molecule has 0 aromatic rings. The van der Waals surface area contributed by atoms with Crippen molar-refractivity contribution in [1.29, 1.82) is 0 Å². The Morgan fingerprint density at radius 3 is 1.91 bits per heavy atom. The van der Waals surface area contributed by atoms with E-state index < -0.39 is 6.10 Å². The van der Waals surface area contributed by atoms with Gasteiger partial charge in [0, 0.05) is 12.8 Å². The van der Waals surface area contributed by atoms with Gasteiger partial charge in [0.25, 0.3) is 0 Å². The summed E-state index contributed by atoms with van der Waals surface area (Å²) in [5, 5.41) is 9.53. The molecule has 1 N–H and O–H groups in total. The van der Waals surface area contributed by atoms with Gasteiger partial charge in [-0.25, -0.2) is 0 Å². The topological polar surface area (TPSA) is 85.4 Å². The van der Waals surface area contributed by atoms with Crippen molar-refractivity contribution in [3.8, 4) is 0 Å². The van der Waals surface area contributed by atoms with E-state index in [0.717, 1.165) is 50.9 Å². The fourth-order valence-corrected chi connectivity index (χ4v) is 5.53. The van der Waals surface area contributed by atoms with Crippen LogP contribution in [0.3, 0.4) is 0 Å². The maximum atomic E-state index is 12.1. The molecule has 1 saturated heterocycles. The average Bonchev–Trinajstić information content (AvgIpc) is 3.79. The maximum Gasteiger partial charge on any atom is 0.306 e. The Labute approximate surface area is 282 Å². The zero-order chi connectivity index (χ0) is 33.5. The Balaban J connectivity index is 1.93. The van der Waals surface area contributed by atoms with Gasteiger partial charge >= 0.3 is 11.9 Å². The summed E-state index contributed by atoms with van der Waals surface area (Å²) in [4.78, 5) is 24.2. The van der Waals surface area contributed by atoms with E-state index in [-0.39, 0.29) is 31.6 Å². The second kappa shape index (κ2) is 30.4. The highest BCUT2D eigenvalue weighted by molar-refractivity contribution is 5.70. The van der Waals surface area contributed by atoms with Crippen molar-refractivity contribution in [2.75, 3.05) is 13.2 Å². The van der Waals surface area contributed by atoms with E-state index >= 15 is 0 Å². The molecule has 6 nitrogen and oxygen atoms in total. The molecule has 1 aliphatic heterocycles. The number of ether oxygens (including phenoxy) is 3. The molecule has 0 spiro atoms. The SMILES string of the molecule is CCCCCC1OC1C/C=C\C/C=C\C/C=C\CCCC(=O)O[C@@H](CO)COC(=O)CCCCCCCCCCCCCC(C)C. The number of carbonyl (C=O) groups excluding carboxylic acids is 2. The minimum absolute atomic E-state index is 0.0894. The third-order valence-corrected chi connectivity index (χ3v) is 8.54. The Morgan fingerprint density at radius 2 is 1.28 bits per heavy atom. The van der Waals surface area contributed by atoms with Gasteiger partial charge in [-0.2, -0.15) is 0 Å². The average molecular weight is 647 g/mol. The van der Waals surface area contributed by atoms with Gasteiger partial charge in [-0.15, -0.1) is 0 Å². The number of aliphatic hydroxyl groups is 1. The molecular weight excluding hydrogens is 576 g/mol. The molecule has 1 fully saturated rings. The summed E-state index contributed by atoms with van der Waals surface area (Å²) < 4.78 is 16.3. The summed E-state index contributed by atoms with van der Waals surface area (Å²) in [6.45, 7) is 6.39. The Morgan fingerprint density at radius 1 is 0.696 bits per heavy atom. The molecule has 3 atom stereocenters. The van der Waals surface area contributed by atoms with Crippen LogP contribution in [0.2, 0.25) is 0 Å². The van der Waals surface area contributed by atoms with Gasteiger partial charge in [0.05, 0.1) is 18.8 Å². The Kier molecular flexibility index (Phi) is 27.8. The van der Waals surface area contributed by atoms with Crippen LogP contribution >= 0.6 is 0 Å². The van der Waals surface area contributed by atoms with E-state index in [4.69, 9.17) is 14.2 Å². The summed E-state index contributed by atoms with van der Waals surface area (Å²) in [6, 6.07) is 0. The normalized spacial score (nSPS) is 17.1. The minimum Gasteiger partial charge on any atom is -0.462 e. The Bertz CT molecular complexity index is 817. The lowest BCUT2D eigenvalue weighted by molar-refractivity contribution is -0.161. The van der Waals surface area contributed by atoms with Gasteiger partial charge in [0.15, 0.2) is 6.10 Å². The molecular formula is C40H70O6. The van der Waals surface area contributed by atoms with E-state index in [1.807, 2.05) is 0 Å². The van der Waals surface area contributed by atoms with Crippen LogP contribution in [0.1, 0.15) is 168 Å². The summed E-state index contributed by atoms with van der Waals surface area (Å²) in [5.41, 5.74) is 0. The summed E-state index contributed by atoms with van der Waals surface area (Å²) in [6.07, 6.45) is 38.1. The number of esters is 2. The highest BCUT2D eigenvalue weighted by Crippen LogP contribution is 2.30.